The van der Waals surface area contributed by atoms with Crippen LogP contribution in [0.4, 0.5) is 0 Å². The summed E-state index contributed by atoms with van der Waals surface area (Å²) in [5.74, 6) is 1.95. The maximum atomic E-state index is 2.75. The molecule has 2 nitrogen and oxygen atoms in total. The molecule has 2 saturated heterocycles. The molecule has 2 fully saturated rings. The minimum absolute atomic E-state index is 0. The lowest BCUT2D eigenvalue weighted by Crippen LogP contribution is -2.34. The number of piperidine rings is 2. The lowest BCUT2D eigenvalue weighted by molar-refractivity contribution is 0.173. The van der Waals surface area contributed by atoms with Gasteiger partial charge in [-0.15, -0.1) is 24.8 Å². The number of unbranched alkanes of at least 4 members (excludes halogenated alkanes) is 5. The van der Waals surface area contributed by atoms with Crippen LogP contribution in [0.15, 0.2) is 60.7 Å². The molecule has 0 aliphatic carbocycles. The van der Waals surface area contributed by atoms with E-state index >= 15 is 0 Å². The van der Waals surface area contributed by atoms with E-state index < -0.39 is 0 Å². The predicted octanol–water partition coefficient (Wildman–Crippen LogP) is 9.64. The molecule has 0 unspecified atom stereocenters. The van der Waals surface area contributed by atoms with Crippen LogP contribution in [0.1, 0.15) is 101 Å². The van der Waals surface area contributed by atoms with Crippen LogP contribution in [0.5, 0.6) is 0 Å². The smallest absolute Gasteiger partial charge is 0.00161 e. The largest absolute Gasteiger partial charge is 0.303 e. The maximum absolute atomic E-state index is 2.75. The van der Waals surface area contributed by atoms with Crippen LogP contribution in [0.25, 0.3) is 0 Å². The predicted molar refractivity (Wildman–Crippen MR) is 179 cm³/mol. The highest BCUT2D eigenvalue weighted by molar-refractivity contribution is 5.85. The second kappa shape index (κ2) is 21.6. The van der Waals surface area contributed by atoms with E-state index in [1.54, 1.807) is 0 Å². The molecule has 2 aliphatic rings. The van der Waals surface area contributed by atoms with Gasteiger partial charge >= 0.3 is 0 Å². The second-order valence-corrected chi connectivity index (χ2v) is 12.4. The molecule has 0 bridgehead atoms. The Hall–Kier alpha value is -1.06. The number of hydrogen-bond acceptors (Lipinski definition) is 2. The van der Waals surface area contributed by atoms with Gasteiger partial charge in [0.1, 0.15) is 0 Å². The molecule has 4 rings (SSSR count). The summed E-state index contributed by atoms with van der Waals surface area (Å²) < 4.78 is 0. The Balaban J connectivity index is 0.00000280. The van der Waals surface area contributed by atoms with Crippen molar-refractivity contribution < 1.29 is 0 Å². The van der Waals surface area contributed by atoms with Crippen molar-refractivity contribution in [3.05, 3.63) is 71.8 Å². The summed E-state index contributed by atoms with van der Waals surface area (Å²) in [7, 11) is 0. The van der Waals surface area contributed by atoms with Crippen LogP contribution >= 0.6 is 24.8 Å². The van der Waals surface area contributed by atoms with Crippen LogP contribution in [0, 0.1) is 11.8 Å². The molecule has 40 heavy (non-hydrogen) atoms. The van der Waals surface area contributed by atoms with Gasteiger partial charge in [-0.1, -0.05) is 99.2 Å². The molecular weight excluding hydrogens is 531 g/mol. The Labute approximate surface area is 259 Å². The fourth-order valence-electron chi connectivity index (χ4n) is 6.85. The van der Waals surface area contributed by atoms with Gasteiger partial charge in [-0.25, -0.2) is 0 Å². The Morgan fingerprint density at radius 2 is 0.800 bits per heavy atom. The van der Waals surface area contributed by atoms with E-state index in [9.17, 15) is 0 Å². The molecule has 2 aliphatic heterocycles. The third-order valence-electron chi connectivity index (χ3n) is 9.45. The minimum atomic E-state index is 0. The van der Waals surface area contributed by atoms with E-state index in [1.165, 1.54) is 153 Å². The van der Waals surface area contributed by atoms with Gasteiger partial charge in [0.25, 0.3) is 0 Å². The molecule has 2 heterocycles. The first-order valence-electron chi connectivity index (χ1n) is 16.4. The third kappa shape index (κ3) is 14.2. The van der Waals surface area contributed by atoms with E-state index in [0.29, 0.717) is 0 Å². The minimum Gasteiger partial charge on any atom is -0.303 e. The highest BCUT2D eigenvalue weighted by Crippen LogP contribution is 2.24. The molecule has 0 N–H and O–H groups in total. The molecule has 0 atom stereocenters. The van der Waals surface area contributed by atoms with Crippen molar-refractivity contribution in [1.82, 2.24) is 9.80 Å². The van der Waals surface area contributed by atoms with Gasteiger partial charge in [0.15, 0.2) is 0 Å². The van der Waals surface area contributed by atoms with Crippen molar-refractivity contribution in [3.8, 4) is 0 Å². The van der Waals surface area contributed by atoms with Gasteiger partial charge in [0.05, 0.1) is 0 Å². The summed E-state index contributed by atoms with van der Waals surface area (Å²) in [6, 6.07) is 22.1. The van der Waals surface area contributed by atoms with Gasteiger partial charge in [-0.2, -0.15) is 0 Å². The first-order chi connectivity index (χ1) is 18.8. The first-order valence-corrected chi connectivity index (χ1v) is 16.4. The van der Waals surface area contributed by atoms with Crippen LogP contribution in [0.3, 0.4) is 0 Å². The van der Waals surface area contributed by atoms with Crippen molar-refractivity contribution in [3.63, 3.8) is 0 Å². The van der Waals surface area contributed by atoms with Crippen LogP contribution < -0.4 is 0 Å². The van der Waals surface area contributed by atoms with Crippen molar-refractivity contribution in [2.24, 2.45) is 11.8 Å². The molecular formula is C36H58Cl2N2. The van der Waals surface area contributed by atoms with Gasteiger partial charge in [0, 0.05) is 0 Å². The maximum Gasteiger partial charge on any atom is -0.00161 e. The Kier molecular flexibility index (Phi) is 19.0. The van der Waals surface area contributed by atoms with Crippen molar-refractivity contribution in [2.45, 2.75) is 103 Å². The highest BCUT2D eigenvalue weighted by atomic mass is 35.5. The van der Waals surface area contributed by atoms with E-state index in [-0.39, 0.29) is 24.8 Å². The zero-order valence-corrected chi connectivity index (χ0v) is 26.8. The number of halogens is 2. The summed E-state index contributed by atoms with van der Waals surface area (Å²) in [6.07, 6.45) is 22.4. The third-order valence-corrected chi connectivity index (χ3v) is 9.45. The van der Waals surface area contributed by atoms with Crippen molar-refractivity contribution >= 4 is 24.8 Å². The lowest BCUT2D eigenvalue weighted by atomic mass is 9.90. The summed E-state index contributed by atoms with van der Waals surface area (Å²) >= 11 is 0. The SMILES string of the molecule is Cl.Cl.c1ccc(CCCC2CCN(CCCCCCCCN3CCC(CCCc4ccccc4)CC3)CC2)cc1. The Bertz CT molecular complexity index is 759. The average molecular weight is 590 g/mol. The number of rotatable bonds is 17. The van der Waals surface area contributed by atoms with Gasteiger partial charge in [-0.05, 0) is 126 Å². The average Bonchev–Trinajstić information content (AvgIpc) is 2.97. The number of likely N-dealkylation sites (tertiary alicyclic amines) is 2. The van der Waals surface area contributed by atoms with Crippen LogP contribution in [-0.4, -0.2) is 49.1 Å². The quantitative estimate of drug-likeness (QED) is 0.170. The first kappa shape index (κ1) is 35.1. The molecule has 0 radical (unpaired) electrons. The van der Waals surface area contributed by atoms with E-state index in [4.69, 9.17) is 0 Å². The molecule has 0 amide bonds. The molecule has 2 aromatic rings. The molecule has 0 spiro atoms. The number of aryl methyl sites for hydroxylation is 2. The fraction of sp³-hybridized carbons (Fsp3) is 0.667. The monoisotopic (exact) mass is 588 g/mol. The van der Waals surface area contributed by atoms with E-state index in [0.717, 1.165) is 11.8 Å². The zero-order valence-electron chi connectivity index (χ0n) is 25.2. The fourth-order valence-corrected chi connectivity index (χ4v) is 6.85. The summed E-state index contributed by atoms with van der Waals surface area (Å²) in [5, 5.41) is 0. The number of benzene rings is 2. The topological polar surface area (TPSA) is 6.48 Å². The molecule has 2 aromatic carbocycles. The van der Waals surface area contributed by atoms with E-state index in [2.05, 4.69) is 70.5 Å². The number of nitrogens with zero attached hydrogens (tertiary/aromatic N) is 2. The van der Waals surface area contributed by atoms with Gasteiger partial charge in [0.2, 0.25) is 0 Å². The van der Waals surface area contributed by atoms with Gasteiger partial charge < -0.3 is 9.80 Å². The Morgan fingerprint density at radius 3 is 1.18 bits per heavy atom. The standard InChI is InChI=1S/C36H56N2.2ClH/c1(3-11-27-37-29-23-35(24-30-37)21-13-19-33-15-7-5-8-16-33)2-4-12-28-38-31-25-36(26-32-38)22-14-20-34-17-9-6-10-18-34;;/h5-10,15-18,35-36H,1-4,11-14,19-32H2;2*1H. The summed E-state index contributed by atoms with van der Waals surface area (Å²) in [4.78, 5) is 5.50. The van der Waals surface area contributed by atoms with Gasteiger partial charge in [-0.3, -0.25) is 0 Å². The van der Waals surface area contributed by atoms with Crippen molar-refractivity contribution in [1.29, 1.82) is 0 Å². The molecule has 0 aromatic heterocycles. The Morgan fingerprint density at radius 1 is 0.450 bits per heavy atom. The lowest BCUT2D eigenvalue weighted by Gasteiger charge is -2.32. The summed E-state index contributed by atoms with van der Waals surface area (Å²) in [5.41, 5.74) is 3.02. The highest BCUT2D eigenvalue weighted by Gasteiger charge is 2.19. The zero-order chi connectivity index (χ0) is 26.1. The van der Waals surface area contributed by atoms with Crippen LogP contribution in [0.2, 0.25) is 0 Å². The molecule has 0 saturated carbocycles. The second-order valence-electron chi connectivity index (χ2n) is 12.4. The molecule has 4 heteroatoms. The van der Waals surface area contributed by atoms with Crippen molar-refractivity contribution in [2.75, 3.05) is 39.3 Å². The molecule has 226 valence electrons. The van der Waals surface area contributed by atoms with Crippen LogP contribution in [-0.2, 0) is 12.8 Å². The summed E-state index contributed by atoms with van der Waals surface area (Å²) in [6.45, 7) is 8.08. The van der Waals surface area contributed by atoms with E-state index in [1.807, 2.05) is 0 Å². The number of hydrogen-bond donors (Lipinski definition) is 0. The normalized spacial score (nSPS) is 17.3.